The molecule has 1 aromatic rings. The lowest BCUT2D eigenvalue weighted by atomic mass is 10.1. The van der Waals surface area contributed by atoms with Crippen LogP contribution in [0, 0.1) is 23.0 Å². The molecule has 1 aromatic carbocycles. The maximum atomic E-state index is 13.5. The number of benzene rings is 1. The lowest BCUT2D eigenvalue weighted by Gasteiger charge is -2.09. The van der Waals surface area contributed by atoms with E-state index in [4.69, 9.17) is 0 Å². The maximum absolute atomic E-state index is 13.5. The van der Waals surface area contributed by atoms with Crippen molar-refractivity contribution < 1.29 is 13.6 Å². The third kappa shape index (κ3) is 2.85. The molecule has 1 unspecified atom stereocenters. The molecule has 0 heterocycles. The Labute approximate surface area is 111 Å². The lowest BCUT2D eigenvalue weighted by molar-refractivity contribution is 0.0949. The number of carbonyl (C=O) groups excluding carboxylic acids is 1. The van der Waals surface area contributed by atoms with Crippen LogP contribution in [0.3, 0.4) is 0 Å². The van der Waals surface area contributed by atoms with Crippen molar-refractivity contribution in [3.8, 4) is 0 Å². The predicted molar refractivity (Wildman–Crippen MR) is 70.1 cm³/mol. The summed E-state index contributed by atoms with van der Waals surface area (Å²) in [5.74, 6) is -1.52. The van der Waals surface area contributed by atoms with Crippen LogP contribution in [0.1, 0.15) is 30.6 Å². The summed E-state index contributed by atoms with van der Waals surface area (Å²) in [5.41, 5.74) is 0.0482. The fourth-order valence-corrected chi connectivity index (χ4v) is 2.19. The predicted octanol–water partition coefficient (Wildman–Crippen LogP) is 2.78. The van der Waals surface area contributed by atoms with E-state index in [0.29, 0.717) is 12.5 Å². The van der Waals surface area contributed by atoms with Crippen LogP contribution in [0.4, 0.5) is 14.5 Å². The van der Waals surface area contributed by atoms with Gasteiger partial charge in [-0.2, -0.15) is 0 Å². The molecular weight excluding hydrogens is 250 g/mol. The lowest BCUT2D eigenvalue weighted by Crippen LogP contribution is -2.26. The van der Waals surface area contributed by atoms with Crippen LogP contribution in [-0.4, -0.2) is 19.5 Å². The van der Waals surface area contributed by atoms with Gasteiger partial charge in [-0.1, -0.05) is 13.8 Å². The molecule has 1 aliphatic rings. The summed E-state index contributed by atoms with van der Waals surface area (Å²) >= 11 is 0. The van der Waals surface area contributed by atoms with Gasteiger partial charge in [0.25, 0.3) is 5.91 Å². The molecule has 1 fully saturated rings. The molecule has 0 bridgehead atoms. The Morgan fingerprint density at radius 3 is 2.32 bits per heavy atom. The zero-order chi connectivity index (χ0) is 14.2. The van der Waals surface area contributed by atoms with Crippen LogP contribution in [-0.2, 0) is 0 Å². The minimum absolute atomic E-state index is 0.00690. The Morgan fingerprint density at radius 1 is 1.37 bits per heavy atom. The standard InChI is InChI=1S/C14H18F2N2O/c1-14(2)6-9(14)7-18-13(19)8-4-10(15)12(17-3)11(16)5-8/h4-5,9,17H,6-7H2,1-3H3,(H,18,19). The smallest absolute Gasteiger partial charge is 0.251 e. The minimum atomic E-state index is -0.764. The van der Waals surface area contributed by atoms with Crippen LogP contribution >= 0.6 is 0 Å². The molecule has 5 heteroatoms. The molecule has 0 radical (unpaired) electrons. The Balaban J connectivity index is 2.03. The second-order valence-corrected chi connectivity index (χ2v) is 5.66. The van der Waals surface area contributed by atoms with Gasteiger partial charge in [-0.05, 0) is 29.9 Å². The first-order valence-corrected chi connectivity index (χ1v) is 6.30. The van der Waals surface area contributed by atoms with Gasteiger partial charge in [0.2, 0.25) is 0 Å². The van der Waals surface area contributed by atoms with Crippen molar-refractivity contribution in [1.82, 2.24) is 5.32 Å². The Bertz CT molecular complexity index is 491. The quantitative estimate of drug-likeness (QED) is 0.881. The van der Waals surface area contributed by atoms with E-state index in [0.717, 1.165) is 18.6 Å². The number of hydrogen-bond donors (Lipinski definition) is 2. The van der Waals surface area contributed by atoms with E-state index in [1.54, 1.807) is 0 Å². The summed E-state index contributed by atoms with van der Waals surface area (Å²) in [6.07, 6.45) is 1.06. The normalized spacial score (nSPS) is 19.9. The molecule has 0 spiro atoms. The third-order valence-electron chi connectivity index (χ3n) is 3.78. The fraction of sp³-hybridized carbons (Fsp3) is 0.500. The molecule has 19 heavy (non-hydrogen) atoms. The van der Waals surface area contributed by atoms with Crippen LogP contribution in [0.5, 0.6) is 0 Å². The van der Waals surface area contributed by atoms with Crippen LogP contribution in [0.15, 0.2) is 12.1 Å². The Hall–Kier alpha value is -1.65. The van der Waals surface area contributed by atoms with Gasteiger partial charge in [-0.3, -0.25) is 4.79 Å². The van der Waals surface area contributed by atoms with E-state index in [2.05, 4.69) is 24.5 Å². The second-order valence-electron chi connectivity index (χ2n) is 5.66. The zero-order valence-corrected chi connectivity index (χ0v) is 11.3. The van der Waals surface area contributed by atoms with Crippen LogP contribution < -0.4 is 10.6 Å². The van der Waals surface area contributed by atoms with E-state index in [1.807, 2.05) is 0 Å². The number of amides is 1. The van der Waals surface area contributed by atoms with Gasteiger partial charge in [0.1, 0.15) is 17.3 Å². The first-order valence-electron chi connectivity index (χ1n) is 6.30. The average molecular weight is 268 g/mol. The Kier molecular flexibility index (Phi) is 3.47. The highest BCUT2D eigenvalue weighted by atomic mass is 19.1. The number of rotatable bonds is 4. The van der Waals surface area contributed by atoms with Crippen molar-refractivity contribution in [3.05, 3.63) is 29.3 Å². The van der Waals surface area contributed by atoms with Crippen molar-refractivity contribution in [2.75, 3.05) is 18.9 Å². The van der Waals surface area contributed by atoms with E-state index < -0.39 is 17.5 Å². The van der Waals surface area contributed by atoms with Gasteiger partial charge in [0.05, 0.1) is 0 Å². The maximum Gasteiger partial charge on any atom is 0.251 e. The molecule has 0 aliphatic heterocycles. The summed E-state index contributed by atoms with van der Waals surface area (Å²) in [4.78, 5) is 11.8. The molecule has 0 aromatic heterocycles. The largest absolute Gasteiger partial charge is 0.383 e. The summed E-state index contributed by atoms with van der Waals surface area (Å²) in [7, 11) is 1.43. The molecule has 104 valence electrons. The van der Waals surface area contributed by atoms with E-state index in [1.165, 1.54) is 7.05 Å². The number of halogens is 2. The summed E-state index contributed by atoms with van der Waals surface area (Å²) < 4.78 is 27.0. The van der Waals surface area contributed by atoms with Crippen molar-refractivity contribution >= 4 is 11.6 Å². The first kappa shape index (κ1) is 13.8. The van der Waals surface area contributed by atoms with Gasteiger partial charge < -0.3 is 10.6 Å². The Morgan fingerprint density at radius 2 is 1.89 bits per heavy atom. The highest BCUT2D eigenvalue weighted by Gasteiger charge is 2.45. The van der Waals surface area contributed by atoms with Gasteiger partial charge in [-0.15, -0.1) is 0 Å². The second kappa shape index (κ2) is 4.79. The molecule has 3 nitrogen and oxygen atoms in total. The highest BCUT2D eigenvalue weighted by Crippen LogP contribution is 2.50. The summed E-state index contributed by atoms with van der Waals surface area (Å²) in [5, 5.41) is 5.13. The van der Waals surface area contributed by atoms with Gasteiger partial charge in [0, 0.05) is 19.2 Å². The SMILES string of the molecule is CNc1c(F)cc(C(=O)NCC2CC2(C)C)cc1F. The van der Waals surface area contributed by atoms with E-state index in [9.17, 15) is 13.6 Å². The van der Waals surface area contributed by atoms with Crippen LogP contribution in [0.25, 0.3) is 0 Å². The summed E-state index contributed by atoms with van der Waals surface area (Å²) in [6, 6.07) is 2.09. The van der Waals surface area contributed by atoms with Gasteiger partial charge >= 0.3 is 0 Å². The first-order chi connectivity index (χ1) is 8.85. The topological polar surface area (TPSA) is 41.1 Å². The van der Waals surface area contributed by atoms with Gasteiger partial charge in [0.15, 0.2) is 0 Å². The van der Waals surface area contributed by atoms with Crippen molar-refractivity contribution in [1.29, 1.82) is 0 Å². The van der Waals surface area contributed by atoms with E-state index >= 15 is 0 Å². The van der Waals surface area contributed by atoms with E-state index in [-0.39, 0.29) is 16.7 Å². The number of carbonyl (C=O) groups is 1. The zero-order valence-electron chi connectivity index (χ0n) is 11.3. The monoisotopic (exact) mass is 268 g/mol. The number of hydrogen-bond acceptors (Lipinski definition) is 2. The molecule has 1 aliphatic carbocycles. The molecule has 1 atom stereocenters. The van der Waals surface area contributed by atoms with Gasteiger partial charge in [-0.25, -0.2) is 8.78 Å². The molecule has 1 amide bonds. The van der Waals surface area contributed by atoms with Crippen molar-refractivity contribution in [2.24, 2.45) is 11.3 Å². The molecule has 2 rings (SSSR count). The van der Waals surface area contributed by atoms with Crippen molar-refractivity contribution in [3.63, 3.8) is 0 Å². The molecule has 1 saturated carbocycles. The molecule has 0 saturated heterocycles. The number of anilines is 1. The highest BCUT2D eigenvalue weighted by molar-refractivity contribution is 5.94. The minimum Gasteiger partial charge on any atom is -0.383 e. The van der Waals surface area contributed by atoms with Crippen molar-refractivity contribution in [2.45, 2.75) is 20.3 Å². The average Bonchev–Trinajstić information content (AvgIpc) is 2.93. The molecule has 2 N–H and O–H groups in total. The summed E-state index contributed by atoms with van der Waals surface area (Å²) in [6.45, 7) is 4.80. The molecular formula is C14H18F2N2O. The fourth-order valence-electron chi connectivity index (χ4n) is 2.19. The van der Waals surface area contributed by atoms with Crippen LogP contribution in [0.2, 0.25) is 0 Å². The number of nitrogens with one attached hydrogen (secondary N) is 2. The third-order valence-corrected chi connectivity index (χ3v) is 3.78.